The smallest absolute Gasteiger partial charge is 0.0433 e. The van der Waals surface area contributed by atoms with Crippen LogP contribution >= 0.6 is 11.3 Å². The Morgan fingerprint density at radius 3 is 2.19 bits per heavy atom. The Morgan fingerprint density at radius 2 is 1.44 bits per heavy atom. The molecule has 1 heterocycles. The monoisotopic (exact) mass is 484 g/mol. The van der Waals surface area contributed by atoms with Crippen LogP contribution in [0.4, 0.5) is 0 Å². The maximum atomic E-state index is 4.09. The molecule has 0 spiro atoms. The third kappa shape index (κ3) is 4.04. The third-order valence-electron chi connectivity index (χ3n) is 7.42. The largest absolute Gasteiger partial charge is 0.135 e. The fourth-order valence-corrected chi connectivity index (χ4v) is 6.79. The Labute approximate surface area is 218 Å². The lowest BCUT2D eigenvalue weighted by atomic mass is 9.73. The van der Waals surface area contributed by atoms with Crippen molar-refractivity contribution in [3.05, 3.63) is 133 Å². The molecule has 4 aromatic carbocycles. The van der Waals surface area contributed by atoms with E-state index in [1.165, 1.54) is 64.7 Å². The summed E-state index contributed by atoms with van der Waals surface area (Å²) in [7, 11) is 0. The first-order valence-electron chi connectivity index (χ1n) is 12.4. The summed E-state index contributed by atoms with van der Waals surface area (Å²) >= 11 is 1.88. The van der Waals surface area contributed by atoms with Crippen LogP contribution in [-0.2, 0) is 5.41 Å². The molecule has 0 nitrogen and oxygen atoms in total. The molecule has 0 bridgehead atoms. The predicted octanol–water partition coefficient (Wildman–Crippen LogP) is 10.7. The van der Waals surface area contributed by atoms with Gasteiger partial charge in [0, 0.05) is 25.6 Å². The number of hydrogen-bond donors (Lipinski definition) is 0. The highest BCUT2D eigenvalue weighted by atomic mass is 32.1. The Morgan fingerprint density at radius 1 is 0.750 bits per heavy atom. The number of benzene rings is 4. The lowest BCUT2D eigenvalue weighted by molar-refractivity contribution is 0.630. The molecule has 0 fully saturated rings. The van der Waals surface area contributed by atoms with Crippen molar-refractivity contribution in [2.24, 2.45) is 0 Å². The van der Waals surface area contributed by atoms with E-state index in [1.54, 1.807) is 0 Å². The molecule has 36 heavy (non-hydrogen) atoms. The number of rotatable bonds is 6. The van der Waals surface area contributed by atoms with Gasteiger partial charge in [0.1, 0.15) is 0 Å². The summed E-state index contributed by atoms with van der Waals surface area (Å²) in [6.07, 6.45) is 3.90. The van der Waals surface area contributed by atoms with E-state index >= 15 is 0 Å². The van der Waals surface area contributed by atoms with Crippen LogP contribution in [0.25, 0.3) is 42.4 Å². The van der Waals surface area contributed by atoms with Gasteiger partial charge in [0.2, 0.25) is 0 Å². The number of thiophene rings is 1. The molecule has 0 aliphatic rings. The van der Waals surface area contributed by atoms with Crippen molar-refractivity contribution in [3.8, 4) is 22.3 Å². The van der Waals surface area contributed by atoms with Crippen LogP contribution in [0.5, 0.6) is 0 Å². The van der Waals surface area contributed by atoms with Crippen LogP contribution in [0.15, 0.2) is 121 Å². The lowest BCUT2D eigenvalue weighted by Crippen LogP contribution is -2.21. The molecule has 5 rings (SSSR count). The van der Waals surface area contributed by atoms with Crippen molar-refractivity contribution in [1.82, 2.24) is 0 Å². The molecule has 0 aliphatic carbocycles. The van der Waals surface area contributed by atoms with Gasteiger partial charge in [0.25, 0.3) is 0 Å². The second-order valence-corrected chi connectivity index (χ2v) is 11.1. The van der Waals surface area contributed by atoms with E-state index in [0.29, 0.717) is 0 Å². The van der Waals surface area contributed by atoms with Gasteiger partial charge in [-0.2, -0.15) is 0 Å². The van der Waals surface area contributed by atoms with Crippen LogP contribution in [0.1, 0.15) is 31.9 Å². The van der Waals surface area contributed by atoms with Gasteiger partial charge in [-0.05, 0) is 70.5 Å². The SMILES string of the molecule is C=C/C(C)=C(\C=C)C(C)(C)c1ccc(-c2cccc(-c3cccc4c3sc3ccccc34)c2)cc1C. The third-order valence-corrected chi connectivity index (χ3v) is 8.64. The molecule has 0 aliphatic heterocycles. The summed E-state index contributed by atoms with van der Waals surface area (Å²) in [5.41, 5.74) is 9.85. The van der Waals surface area contributed by atoms with E-state index < -0.39 is 0 Å². The molecule has 1 aromatic heterocycles. The highest BCUT2D eigenvalue weighted by Crippen LogP contribution is 2.41. The number of fused-ring (bicyclic) bond motifs is 3. The van der Waals surface area contributed by atoms with E-state index in [4.69, 9.17) is 0 Å². The number of hydrogen-bond acceptors (Lipinski definition) is 1. The van der Waals surface area contributed by atoms with E-state index in [2.05, 4.69) is 126 Å². The second-order valence-electron chi connectivity index (χ2n) is 10.0. The minimum absolute atomic E-state index is 0.151. The van der Waals surface area contributed by atoms with E-state index in [-0.39, 0.29) is 5.41 Å². The Bertz CT molecular complexity index is 1660. The summed E-state index contributed by atoms with van der Waals surface area (Å²) in [5, 5.41) is 2.67. The fraction of sp³-hybridized carbons (Fsp3) is 0.143. The molecule has 5 aromatic rings. The van der Waals surface area contributed by atoms with Gasteiger partial charge in [-0.25, -0.2) is 0 Å². The van der Waals surface area contributed by atoms with Crippen molar-refractivity contribution in [2.45, 2.75) is 33.1 Å². The predicted molar refractivity (Wildman–Crippen MR) is 161 cm³/mol. The van der Waals surface area contributed by atoms with Crippen molar-refractivity contribution >= 4 is 31.5 Å². The van der Waals surface area contributed by atoms with Crippen LogP contribution in [0.2, 0.25) is 0 Å². The zero-order chi connectivity index (χ0) is 25.4. The molecule has 178 valence electrons. The molecule has 0 unspecified atom stereocenters. The first-order chi connectivity index (χ1) is 17.3. The zero-order valence-electron chi connectivity index (χ0n) is 21.6. The van der Waals surface area contributed by atoms with Gasteiger partial charge < -0.3 is 0 Å². The minimum atomic E-state index is -0.151. The van der Waals surface area contributed by atoms with Gasteiger partial charge in [0.05, 0.1) is 0 Å². The molecule has 0 amide bonds. The van der Waals surface area contributed by atoms with Crippen LogP contribution < -0.4 is 0 Å². The topological polar surface area (TPSA) is 0 Å². The quantitative estimate of drug-likeness (QED) is 0.210. The van der Waals surface area contributed by atoms with Gasteiger partial charge in [-0.1, -0.05) is 112 Å². The molecule has 0 saturated heterocycles. The first kappa shape index (κ1) is 24.0. The van der Waals surface area contributed by atoms with Crippen molar-refractivity contribution in [1.29, 1.82) is 0 Å². The van der Waals surface area contributed by atoms with Crippen molar-refractivity contribution < 1.29 is 0 Å². The van der Waals surface area contributed by atoms with E-state index in [9.17, 15) is 0 Å². The molecule has 0 radical (unpaired) electrons. The minimum Gasteiger partial charge on any atom is -0.135 e. The Balaban J connectivity index is 1.58. The average Bonchev–Trinajstić information content (AvgIpc) is 3.27. The molecule has 1 heteroatoms. The van der Waals surface area contributed by atoms with Gasteiger partial charge in [0.15, 0.2) is 0 Å². The second kappa shape index (κ2) is 9.41. The van der Waals surface area contributed by atoms with Crippen LogP contribution in [-0.4, -0.2) is 0 Å². The van der Waals surface area contributed by atoms with Crippen LogP contribution in [0.3, 0.4) is 0 Å². The fourth-order valence-electron chi connectivity index (χ4n) is 5.55. The Kier molecular flexibility index (Phi) is 6.28. The molecule has 0 atom stereocenters. The first-order valence-corrected chi connectivity index (χ1v) is 13.2. The van der Waals surface area contributed by atoms with Crippen LogP contribution in [0, 0.1) is 6.92 Å². The number of aryl methyl sites for hydroxylation is 1. The molecular weight excluding hydrogens is 452 g/mol. The molecule has 0 saturated carbocycles. The molecular formula is C35H32S. The summed E-state index contributed by atoms with van der Waals surface area (Å²) in [6, 6.07) is 31.2. The average molecular weight is 485 g/mol. The van der Waals surface area contributed by atoms with Crippen molar-refractivity contribution in [3.63, 3.8) is 0 Å². The summed E-state index contributed by atoms with van der Waals surface area (Å²) in [6.45, 7) is 16.9. The number of allylic oxidation sites excluding steroid dienone is 4. The van der Waals surface area contributed by atoms with E-state index in [1.807, 2.05) is 23.5 Å². The summed E-state index contributed by atoms with van der Waals surface area (Å²) in [4.78, 5) is 0. The summed E-state index contributed by atoms with van der Waals surface area (Å²) < 4.78 is 2.69. The highest BCUT2D eigenvalue weighted by Gasteiger charge is 2.27. The Hall–Kier alpha value is -3.68. The molecule has 0 N–H and O–H groups in total. The van der Waals surface area contributed by atoms with Gasteiger partial charge >= 0.3 is 0 Å². The lowest BCUT2D eigenvalue weighted by Gasteiger charge is -2.30. The standard InChI is InChI=1S/C35H32S/c1-7-23(3)31(8-2)35(5,6)32-20-19-26(21-24(32)4)25-13-11-14-27(22-25)28-16-12-17-30-29-15-9-10-18-33(29)36-34(28)30/h7-22H,1-2H2,3-6H3/b31-23+. The summed E-state index contributed by atoms with van der Waals surface area (Å²) in [5.74, 6) is 0. The normalized spacial score (nSPS) is 12.6. The highest BCUT2D eigenvalue weighted by molar-refractivity contribution is 7.26. The van der Waals surface area contributed by atoms with Crippen molar-refractivity contribution in [2.75, 3.05) is 0 Å². The maximum absolute atomic E-state index is 4.09. The van der Waals surface area contributed by atoms with Gasteiger partial charge in [-0.15, -0.1) is 11.3 Å². The van der Waals surface area contributed by atoms with E-state index in [0.717, 1.165) is 0 Å². The van der Waals surface area contributed by atoms with Gasteiger partial charge in [-0.3, -0.25) is 0 Å². The zero-order valence-corrected chi connectivity index (χ0v) is 22.4. The maximum Gasteiger partial charge on any atom is 0.0433 e.